The van der Waals surface area contributed by atoms with Crippen LogP contribution in [0.4, 0.5) is 4.39 Å². The lowest BCUT2D eigenvalue weighted by molar-refractivity contribution is -0.172. The number of halogens is 1. The van der Waals surface area contributed by atoms with Gasteiger partial charge in [0.15, 0.2) is 5.78 Å². The van der Waals surface area contributed by atoms with E-state index in [4.69, 9.17) is 0 Å². The van der Waals surface area contributed by atoms with Crippen LogP contribution in [0.2, 0.25) is 0 Å². The van der Waals surface area contributed by atoms with Crippen LogP contribution in [-0.4, -0.2) is 61.0 Å². The highest BCUT2D eigenvalue weighted by Crippen LogP contribution is 2.72. The van der Waals surface area contributed by atoms with Crippen molar-refractivity contribution < 1.29 is 33.5 Å². The Labute approximate surface area is 359 Å². The Hall–Kier alpha value is -3.24. The fourth-order valence-electron chi connectivity index (χ4n) is 14.0. The van der Waals surface area contributed by atoms with Gasteiger partial charge in [-0.3, -0.25) is 24.0 Å². The molecule has 0 saturated heterocycles. The Morgan fingerprint density at radius 2 is 1.55 bits per heavy atom. The molecule has 0 bridgehead atoms. The number of hydrogen-bond donors (Lipinski definition) is 4. The average Bonchev–Trinajstić information content (AvgIpc) is 3.51. The van der Waals surface area contributed by atoms with Crippen LogP contribution in [0.5, 0.6) is 0 Å². The minimum absolute atomic E-state index is 0.00906. The number of nitrogens with one attached hydrogen (secondary N) is 2. The molecule has 10 heteroatoms. The molecule has 0 aliphatic heterocycles. The average molecular weight is 834 g/mol. The summed E-state index contributed by atoms with van der Waals surface area (Å²) >= 11 is 0. The first kappa shape index (κ1) is 47.8. The Kier molecular flexibility index (Phi) is 14.8. The van der Waals surface area contributed by atoms with E-state index in [0.717, 1.165) is 31.3 Å². The number of benzene rings is 1. The van der Waals surface area contributed by atoms with E-state index < -0.39 is 11.5 Å². The predicted molar refractivity (Wildman–Crippen MR) is 234 cm³/mol. The topological polar surface area (TPSA) is 156 Å². The standard InChI is InChI=1S/C42H66N2O5.C7H5FO.CH5N/c1-23(2)35-33(46)22-42(18-19-44-38(49)39(5,6)43-9)17-14-31-27(36(35)42)10-11-34-40(7)15-12-26(24(3)30(40)13-16-41(31,34)8)20-32(45)28-21-29(25(28)4)37(47)48;8-7-3-1-6(5-9)2-4-7;1-2/h23-31,34,43H,10-22H2,1-9H3,(H,44,49)(H,47,48);1-5H;2H2,1H3. The summed E-state index contributed by atoms with van der Waals surface area (Å²) in [6.07, 6.45) is 12.6. The molecule has 0 heterocycles. The summed E-state index contributed by atoms with van der Waals surface area (Å²) in [5.74, 6) is 2.55. The first-order valence-corrected chi connectivity index (χ1v) is 23.0. The van der Waals surface area contributed by atoms with E-state index in [2.05, 4.69) is 51.0 Å². The summed E-state index contributed by atoms with van der Waals surface area (Å²) in [4.78, 5) is 61.7. The highest BCUT2D eigenvalue weighted by molar-refractivity contribution is 6.00. The highest BCUT2D eigenvalue weighted by atomic mass is 19.1. The van der Waals surface area contributed by atoms with Crippen molar-refractivity contribution in [3.05, 3.63) is 46.8 Å². The lowest BCUT2D eigenvalue weighted by Crippen LogP contribution is -2.60. The van der Waals surface area contributed by atoms with E-state index in [1.165, 1.54) is 69.0 Å². The lowest BCUT2D eigenvalue weighted by Gasteiger charge is -2.67. The first-order valence-electron chi connectivity index (χ1n) is 23.0. The molecule has 334 valence electrons. The zero-order valence-electron chi connectivity index (χ0n) is 38.3. The van der Waals surface area contributed by atoms with Gasteiger partial charge in [0, 0.05) is 36.3 Å². The van der Waals surface area contributed by atoms with Crippen molar-refractivity contribution in [2.45, 2.75) is 138 Å². The van der Waals surface area contributed by atoms with Crippen molar-refractivity contribution in [3.8, 4) is 0 Å². The molecule has 5 N–H and O–H groups in total. The maximum atomic E-state index is 13.8. The monoisotopic (exact) mass is 834 g/mol. The molecule has 12 atom stereocenters. The third-order valence-corrected chi connectivity index (χ3v) is 17.6. The van der Waals surface area contributed by atoms with Crippen LogP contribution in [0.15, 0.2) is 35.4 Å². The van der Waals surface area contributed by atoms with Gasteiger partial charge in [-0.2, -0.15) is 0 Å². The molecule has 0 radical (unpaired) electrons. The molecule has 12 unspecified atom stereocenters. The van der Waals surface area contributed by atoms with Crippen molar-refractivity contribution >= 4 is 29.7 Å². The van der Waals surface area contributed by atoms with Gasteiger partial charge in [0.05, 0.1) is 11.5 Å². The zero-order chi connectivity index (χ0) is 44.5. The second-order valence-corrected chi connectivity index (χ2v) is 20.9. The predicted octanol–water partition coefficient (Wildman–Crippen LogP) is 8.84. The van der Waals surface area contributed by atoms with Crippen LogP contribution in [0.3, 0.4) is 0 Å². The molecule has 9 nitrogen and oxygen atoms in total. The van der Waals surface area contributed by atoms with Gasteiger partial charge in [-0.15, -0.1) is 0 Å². The van der Waals surface area contributed by atoms with E-state index >= 15 is 0 Å². The number of carboxylic acids is 1. The van der Waals surface area contributed by atoms with Crippen molar-refractivity contribution in [2.75, 3.05) is 20.6 Å². The van der Waals surface area contributed by atoms with E-state index in [0.29, 0.717) is 84.7 Å². The van der Waals surface area contributed by atoms with E-state index in [9.17, 15) is 33.5 Å². The highest BCUT2D eigenvalue weighted by Gasteiger charge is 2.65. The first-order chi connectivity index (χ1) is 28.2. The van der Waals surface area contributed by atoms with Crippen LogP contribution in [0.25, 0.3) is 0 Å². The van der Waals surface area contributed by atoms with Crippen LogP contribution >= 0.6 is 0 Å². The number of Topliss-reactive ketones (excluding diaryl/α,β-unsaturated/α-hetero) is 2. The second-order valence-electron chi connectivity index (χ2n) is 20.9. The molecule has 7 rings (SSSR count). The number of carboxylic acid groups (broad SMARTS) is 1. The van der Waals surface area contributed by atoms with Gasteiger partial charge in [-0.05, 0) is 180 Å². The zero-order valence-corrected chi connectivity index (χ0v) is 38.3. The summed E-state index contributed by atoms with van der Waals surface area (Å²) < 4.78 is 12.1. The smallest absolute Gasteiger partial charge is 0.306 e. The number of ketones is 2. The number of aldehydes is 1. The maximum Gasteiger partial charge on any atom is 0.306 e. The van der Waals surface area contributed by atoms with Crippen molar-refractivity contribution in [1.29, 1.82) is 0 Å². The van der Waals surface area contributed by atoms with Gasteiger partial charge in [0.25, 0.3) is 0 Å². The summed E-state index contributed by atoms with van der Waals surface area (Å²) in [6, 6.07) is 5.37. The Morgan fingerprint density at radius 3 is 2.13 bits per heavy atom. The molecular formula is C50H76FN3O6. The number of carbonyl (C=O) groups is 5. The van der Waals surface area contributed by atoms with Gasteiger partial charge < -0.3 is 21.5 Å². The molecule has 5 saturated carbocycles. The number of nitrogens with two attached hydrogens (primary N) is 1. The number of allylic oxidation sites excluding steroid dienone is 2. The molecule has 0 aromatic heterocycles. The van der Waals surface area contributed by atoms with Crippen molar-refractivity contribution in [2.24, 2.45) is 81.2 Å². The molecule has 1 aromatic carbocycles. The molecule has 1 amide bonds. The van der Waals surface area contributed by atoms with Crippen molar-refractivity contribution in [1.82, 2.24) is 10.6 Å². The van der Waals surface area contributed by atoms with Gasteiger partial charge in [-0.25, -0.2) is 4.39 Å². The number of hydrogen-bond acceptors (Lipinski definition) is 7. The van der Waals surface area contributed by atoms with Crippen LogP contribution < -0.4 is 16.4 Å². The fourth-order valence-corrected chi connectivity index (χ4v) is 14.0. The summed E-state index contributed by atoms with van der Waals surface area (Å²) in [7, 11) is 3.32. The number of amides is 1. The molecule has 60 heavy (non-hydrogen) atoms. The summed E-state index contributed by atoms with van der Waals surface area (Å²) in [6.45, 7) is 18.4. The molecule has 1 aromatic rings. The third kappa shape index (κ3) is 8.71. The summed E-state index contributed by atoms with van der Waals surface area (Å²) in [5, 5.41) is 15.8. The van der Waals surface area contributed by atoms with Crippen LogP contribution in [0, 0.1) is 81.2 Å². The second kappa shape index (κ2) is 18.6. The summed E-state index contributed by atoms with van der Waals surface area (Å²) in [5.41, 5.74) is 7.35. The molecule has 6 aliphatic rings. The van der Waals surface area contributed by atoms with Crippen molar-refractivity contribution in [3.63, 3.8) is 0 Å². The number of likely N-dealkylation sites (N-methyl/N-ethyl adjacent to an activating group) is 1. The van der Waals surface area contributed by atoms with E-state index in [1.54, 1.807) is 0 Å². The normalized spacial score (nSPS) is 36.8. The number of carbonyl (C=O) groups excluding carboxylic acids is 4. The molecule has 6 aliphatic carbocycles. The maximum absolute atomic E-state index is 13.8. The Morgan fingerprint density at radius 1 is 0.933 bits per heavy atom. The van der Waals surface area contributed by atoms with E-state index in [-0.39, 0.29) is 51.6 Å². The third-order valence-electron chi connectivity index (χ3n) is 17.6. The van der Waals surface area contributed by atoms with E-state index in [1.807, 2.05) is 27.8 Å². The van der Waals surface area contributed by atoms with Gasteiger partial charge in [-0.1, -0.05) is 47.1 Å². The molecule has 5 fully saturated rings. The largest absolute Gasteiger partial charge is 0.481 e. The molecule has 0 spiro atoms. The van der Waals surface area contributed by atoms with Gasteiger partial charge >= 0.3 is 5.97 Å². The van der Waals surface area contributed by atoms with Crippen LogP contribution in [0.1, 0.15) is 143 Å². The van der Waals surface area contributed by atoms with Crippen LogP contribution in [-0.2, 0) is 19.2 Å². The van der Waals surface area contributed by atoms with Gasteiger partial charge in [0.1, 0.15) is 17.9 Å². The van der Waals surface area contributed by atoms with Gasteiger partial charge in [0.2, 0.25) is 5.91 Å². The SMILES string of the molecule is CN.CNC(C)(C)C(=O)NCCC12CCC3C(CCC4C3(C)CCC3C(C)C(CC(=O)C5CC(C(=O)O)C5C)CCC34C)C1=C(C(C)C)C(=O)C2.O=Cc1ccc(F)cc1. The Bertz CT molecular complexity index is 1790. The fraction of sp³-hybridized carbons (Fsp3) is 0.740. The Balaban J connectivity index is 0.000000544. The quantitative estimate of drug-likeness (QED) is 0.161. The number of fused-ring (bicyclic) bond motifs is 7. The number of rotatable bonds is 11. The lowest BCUT2D eigenvalue weighted by atomic mass is 9.37. The minimum Gasteiger partial charge on any atom is -0.481 e. The molecular weight excluding hydrogens is 758 g/mol. The minimum atomic E-state index is -0.754. The number of aliphatic carboxylic acids is 1.